The van der Waals surface area contributed by atoms with E-state index in [9.17, 15) is 9.59 Å². The van der Waals surface area contributed by atoms with Crippen LogP contribution in [0.4, 0.5) is 0 Å². The third-order valence-electron chi connectivity index (χ3n) is 4.19. The summed E-state index contributed by atoms with van der Waals surface area (Å²) in [6.07, 6.45) is 0. The third-order valence-corrected chi connectivity index (χ3v) is 4.56. The molecule has 0 aliphatic carbocycles. The monoisotopic (exact) mass is 394 g/mol. The van der Waals surface area contributed by atoms with Gasteiger partial charge in [0, 0.05) is 29.7 Å². The highest BCUT2D eigenvalue weighted by Gasteiger charge is 2.13. The predicted molar refractivity (Wildman–Crippen MR) is 109 cm³/mol. The molecular weight excluding hydrogens is 376 g/mol. The fourth-order valence-corrected chi connectivity index (χ4v) is 2.86. The van der Waals surface area contributed by atoms with Crippen molar-refractivity contribution in [2.75, 3.05) is 7.05 Å². The maximum atomic E-state index is 12.6. The zero-order valence-electron chi connectivity index (χ0n) is 15.3. The highest BCUT2D eigenvalue weighted by Crippen LogP contribution is 2.23. The minimum Gasteiger partial charge on any atom is -0.457 e. The molecule has 28 heavy (non-hydrogen) atoms. The summed E-state index contributed by atoms with van der Waals surface area (Å²) in [7, 11) is 1.73. The Labute approximate surface area is 168 Å². The number of benzene rings is 3. The molecule has 0 heterocycles. The maximum absolute atomic E-state index is 12.6. The standard InChI is InChI=1S/C22H19ClN2O3/c1-25(14-17-4-2-3-5-20(17)23)22(27)16-8-12-19(13-9-16)28-18-10-6-15(7-11-18)21(24)26/h2-13H,14H2,1H3,(H2,24,26). The number of hydrogen-bond donors (Lipinski definition) is 1. The first kappa shape index (κ1) is 19.5. The van der Waals surface area contributed by atoms with E-state index in [1.807, 2.05) is 18.2 Å². The van der Waals surface area contributed by atoms with Crippen molar-refractivity contribution in [1.29, 1.82) is 0 Å². The molecule has 0 unspecified atom stereocenters. The Bertz CT molecular complexity index is 985. The van der Waals surface area contributed by atoms with Crippen LogP contribution in [0.2, 0.25) is 5.02 Å². The number of hydrogen-bond acceptors (Lipinski definition) is 3. The molecule has 5 nitrogen and oxygen atoms in total. The number of rotatable bonds is 6. The van der Waals surface area contributed by atoms with Gasteiger partial charge in [0.15, 0.2) is 0 Å². The van der Waals surface area contributed by atoms with Gasteiger partial charge in [-0.15, -0.1) is 0 Å². The van der Waals surface area contributed by atoms with Crippen molar-refractivity contribution in [3.05, 3.63) is 94.5 Å². The summed E-state index contributed by atoms with van der Waals surface area (Å²) in [6, 6.07) is 20.8. The molecule has 0 saturated heterocycles. The van der Waals surface area contributed by atoms with Gasteiger partial charge in [-0.1, -0.05) is 29.8 Å². The van der Waals surface area contributed by atoms with Gasteiger partial charge in [-0.25, -0.2) is 0 Å². The summed E-state index contributed by atoms with van der Waals surface area (Å²) in [6.45, 7) is 0.420. The maximum Gasteiger partial charge on any atom is 0.253 e. The molecular formula is C22H19ClN2O3. The lowest BCUT2D eigenvalue weighted by Gasteiger charge is -2.18. The van der Waals surface area contributed by atoms with Gasteiger partial charge in [-0.3, -0.25) is 9.59 Å². The molecule has 0 aliphatic heterocycles. The van der Waals surface area contributed by atoms with Gasteiger partial charge in [0.1, 0.15) is 11.5 Å². The van der Waals surface area contributed by atoms with Crippen LogP contribution in [0.1, 0.15) is 26.3 Å². The number of nitrogens with two attached hydrogens (primary N) is 1. The summed E-state index contributed by atoms with van der Waals surface area (Å²) in [5, 5.41) is 0.633. The van der Waals surface area contributed by atoms with Crippen molar-refractivity contribution in [2.45, 2.75) is 6.54 Å². The van der Waals surface area contributed by atoms with E-state index in [0.717, 1.165) is 5.56 Å². The molecule has 2 N–H and O–H groups in total. The SMILES string of the molecule is CN(Cc1ccccc1Cl)C(=O)c1ccc(Oc2ccc(C(N)=O)cc2)cc1. The molecule has 0 radical (unpaired) electrons. The lowest BCUT2D eigenvalue weighted by molar-refractivity contribution is 0.0785. The molecule has 0 aromatic heterocycles. The number of amides is 2. The Morgan fingerprint density at radius 1 is 0.893 bits per heavy atom. The Hall–Kier alpha value is -3.31. The molecule has 3 aromatic rings. The Morgan fingerprint density at radius 3 is 1.96 bits per heavy atom. The van der Waals surface area contributed by atoms with E-state index in [1.54, 1.807) is 66.5 Å². The van der Waals surface area contributed by atoms with E-state index in [-0.39, 0.29) is 5.91 Å². The van der Waals surface area contributed by atoms with Crippen molar-refractivity contribution in [3.63, 3.8) is 0 Å². The van der Waals surface area contributed by atoms with Gasteiger partial charge in [-0.2, -0.15) is 0 Å². The van der Waals surface area contributed by atoms with Crippen LogP contribution >= 0.6 is 11.6 Å². The average molecular weight is 395 g/mol. The largest absolute Gasteiger partial charge is 0.457 e. The van der Waals surface area contributed by atoms with Crippen LogP contribution in [0.25, 0.3) is 0 Å². The molecule has 0 aliphatic rings. The fraction of sp³-hybridized carbons (Fsp3) is 0.0909. The second kappa shape index (κ2) is 8.59. The Morgan fingerprint density at radius 2 is 1.43 bits per heavy atom. The third kappa shape index (κ3) is 4.69. The zero-order valence-corrected chi connectivity index (χ0v) is 16.0. The van der Waals surface area contributed by atoms with Crippen molar-refractivity contribution < 1.29 is 14.3 Å². The minimum atomic E-state index is -0.490. The van der Waals surface area contributed by atoms with E-state index in [1.165, 1.54) is 0 Å². The lowest BCUT2D eigenvalue weighted by Crippen LogP contribution is -2.26. The number of nitrogens with zero attached hydrogens (tertiary/aromatic N) is 1. The number of halogens is 1. The second-order valence-electron chi connectivity index (χ2n) is 6.27. The van der Waals surface area contributed by atoms with Gasteiger partial charge in [0.05, 0.1) is 0 Å². The molecule has 0 saturated carbocycles. The molecule has 142 valence electrons. The van der Waals surface area contributed by atoms with Crippen LogP contribution in [0.3, 0.4) is 0 Å². The highest BCUT2D eigenvalue weighted by molar-refractivity contribution is 6.31. The Balaban J connectivity index is 1.65. The first-order chi connectivity index (χ1) is 13.4. The highest BCUT2D eigenvalue weighted by atomic mass is 35.5. The second-order valence-corrected chi connectivity index (χ2v) is 6.67. The van der Waals surface area contributed by atoms with Crippen LogP contribution in [0.15, 0.2) is 72.8 Å². The van der Waals surface area contributed by atoms with E-state index >= 15 is 0 Å². The molecule has 3 rings (SSSR count). The molecule has 0 atom stereocenters. The number of carbonyl (C=O) groups excluding carboxylic acids is 2. The molecule has 3 aromatic carbocycles. The van der Waals surface area contributed by atoms with Crippen LogP contribution in [0, 0.1) is 0 Å². The molecule has 0 fully saturated rings. The van der Waals surface area contributed by atoms with Crippen LogP contribution in [-0.4, -0.2) is 23.8 Å². The van der Waals surface area contributed by atoms with Gasteiger partial charge >= 0.3 is 0 Å². The topological polar surface area (TPSA) is 72.6 Å². The van der Waals surface area contributed by atoms with E-state index in [2.05, 4.69) is 0 Å². The number of primary amides is 1. The van der Waals surface area contributed by atoms with Crippen molar-refractivity contribution in [2.24, 2.45) is 5.73 Å². The fourth-order valence-electron chi connectivity index (χ4n) is 2.66. The van der Waals surface area contributed by atoms with E-state index < -0.39 is 5.91 Å². The average Bonchev–Trinajstić information content (AvgIpc) is 2.70. The summed E-state index contributed by atoms with van der Waals surface area (Å²) < 4.78 is 5.73. The smallest absolute Gasteiger partial charge is 0.253 e. The van der Waals surface area contributed by atoms with Gasteiger partial charge < -0.3 is 15.4 Å². The number of ether oxygens (including phenoxy) is 1. The summed E-state index contributed by atoms with van der Waals surface area (Å²) in [4.78, 5) is 25.3. The molecule has 0 bridgehead atoms. The summed E-state index contributed by atoms with van der Waals surface area (Å²) in [5.74, 6) is 0.546. The minimum absolute atomic E-state index is 0.114. The van der Waals surface area contributed by atoms with Crippen LogP contribution < -0.4 is 10.5 Å². The zero-order chi connectivity index (χ0) is 20.1. The van der Waals surface area contributed by atoms with E-state index in [0.29, 0.717) is 34.2 Å². The predicted octanol–water partition coefficient (Wildman–Crippen LogP) is 4.50. The molecule has 0 spiro atoms. The molecule has 2 amide bonds. The first-order valence-corrected chi connectivity index (χ1v) is 8.98. The normalized spacial score (nSPS) is 10.4. The van der Waals surface area contributed by atoms with Gasteiger partial charge in [0.25, 0.3) is 5.91 Å². The summed E-state index contributed by atoms with van der Waals surface area (Å²) in [5.41, 5.74) is 7.07. The van der Waals surface area contributed by atoms with Crippen molar-refractivity contribution in [1.82, 2.24) is 4.90 Å². The Kier molecular flexibility index (Phi) is 5.96. The van der Waals surface area contributed by atoms with Gasteiger partial charge in [0.2, 0.25) is 5.91 Å². The molecule has 6 heteroatoms. The lowest BCUT2D eigenvalue weighted by atomic mass is 10.1. The van der Waals surface area contributed by atoms with Crippen LogP contribution in [0.5, 0.6) is 11.5 Å². The van der Waals surface area contributed by atoms with E-state index in [4.69, 9.17) is 22.1 Å². The van der Waals surface area contributed by atoms with Crippen LogP contribution in [-0.2, 0) is 6.54 Å². The summed E-state index contributed by atoms with van der Waals surface area (Å²) >= 11 is 6.16. The van der Waals surface area contributed by atoms with Crippen molar-refractivity contribution in [3.8, 4) is 11.5 Å². The van der Waals surface area contributed by atoms with Gasteiger partial charge in [-0.05, 0) is 60.2 Å². The first-order valence-electron chi connectivity index (χ1n) is 8.60. The number of carbonyl (C=O) groups is 2. The quantitative estimate of drug-likeness (QED) is 0.668. The van der Waals surface area contributed by atoms with Crippen molar-refractivity contribution >= 4 is 23.4 Å².